The maximum Gasteiger partial charge on any atom is 0.251 e. The number of benzene rings is 1. The number of pyridine rings is 1. The first-order chi connectivity index (χ1) is 15.0. The number of carbonyl (C=O) groups is 2. The van der Waals surface area contributed by atoms with Crippen LogP contribution >= 0.6 is 22.6 Å². The summed E-state index contributed by atoms with van der Waals surface area (Å²) < 4.78 is 7.42. The third kappa shape index (κ3) is 6.16. The van der Waals surface area contributed by atoms with Gasteiger partial charge in [0.25, 0.3) is 5.91 Å². The molecule has 0 spiro atoms. The van der Waals surface area contributed by atoms with E-state index in [1.54, 1.807) is 18.3 Å². The second kappa shape index (κ2) is 10.1. The topological polar surface area (TPSA) is 89.3 Å². The Hall–Kier alpha value is -2.27. The molecule has 1 aromatic carbocycles. The van der Waals surface area contributed by atoms with Gasteiger partial charge in [0.1, 0.15) is 18.7 Å². The van der Waals surface area contributed by atoms with Crippen LogP contribution in [-0.2, 0) is 20.9 Å². The molecule has 3 rings (SSSR count). The van der Waals surface area contributed by atoms with Gasteiger partial charge in [-0.25, -0.2) is 9.97 Å². The lowest BCUT2D eigenvalue weighted by molar-refractivity contribution is -0.136. The number of hydrogen-bond acceptors (Lipinski definition) is 5. The van der Waals surface area contributed by atoms with Gasteiger partial charge in [-0.1, -0.05) is 54.6 Å². The van der Waals surface area contributed by atoms with Crippen molar-refractivity contribution >= 4 is 62.2 Å². The van der Waals surface area contributed by atoms with Crippen molar-refractivity contribution in [1.82, 2.24) is 19.4 Å². The Kier molecular flexibility index (Phi) is 7.71. The molecule has 0 bridgehead atoms. The number of aromatic nitrogens is 3. The first-order valence-electron chi connectivity index (χ1n) is 10.6. The molecule has 0 saturated heterocycles. The quantitative estimate of drug-likeness (QED) is 0.322. The van der Waals surface area contributed by atoms with Crippen LogP contribution in [0.2, 0.25) is 0 Å². The van der Waals surface area contributed by atoms with Crippen molar-refractivity contribution in [3.8, 4) is 0 Å². The van der Waals surface area contributed by atoms with Gasteiger partial charge in [0.15, 0.2) is 5.82 Å². The summed E-state index contributed by atoms with van der Waals surface area (Å²) in [5, 5.41) is 3.80. The fourth-order valence-electron chi connectivity index (χ4n) is 3.56. The molecule has 2 aromatic heterocycles. The number of hydrogen-bond donors (Lipinski definition) is 1. The molecule has 0 saturated carbocycles. The molecule has 0 fully saturated rings. The standard InChI is InChI=1S/C23H30IN5O3/c1-15(2)10-29-14-25-20-21(29)16-8-6-7-9-17(16)26-22(20)27-18(30)11-32-12-19(31)28(5)13-23(3,4)24/h6-9,14-15H,10-13H2,1-5H3,(H,26,27,30). The summed E-state index contributed by atoms with van der Waals surface area (Å²) in [7, 11) is 1.73. The molecule has 2 amide bonds. The van der Waals surface area contributed by atoms with Crippen molar-refractivity contribution in [1.29, 1.82) is 0 Å². The molecule has 0 atom stereocenters. The zero-order valence-electron chi connectivity index (χ0n) is 19.2. The van der Waals surface area contributed by atoms with Gasteiger partial charge in [-0.05, 0) is 25.8 Å². The van der Waals surface area contributed by atoms with E-state index in [-0.39, 0.29) is 28.4 Å². The molecule has 9 heteroatoms. The number of para-hydroxylation sites is 1. The lowest BCUT2D eigenvalue weighted by Gasteiger charge is -2.25. The highest BCUT2D eigenvalue weighted by Gasteiger charge is 2.20. The average Bonchev–Trinajstić information content (AvgIpc) is 3.10. The van der Waals surface area contributed by atoms with E-state index in [2.05, 4.69) is 56.3 Å². The average molecular weight is 551 g/mol. The normalized spacial score (nSPS) is 12.0. The van der Waals surface area contributed by atoms with Gasteiger partial charge in [0.05, 0.1) is 17.4 Å². The maximum atomic E-state index is 12.5. The predicted molar refractivity (Wildman–Crippen MR) is 135 cm³/mol. The van der Waals surface area contributed by atoms with Crippen LogP contribution in [0.5, 0.6) is 0 Å². The van der Waals surface area contributed by atoms with E-state index in [0.717, 1.165) is 23.0 Å². The minimum Gasteiger partial charge on any atom is -0.362 e. The minimum absolute atomic E-state index is 0.0361. The van der Waals surface area contributed by atoms with Crippen LogP contribution in [0.15, 0.2) is 30.6 Å². The molecule has 0 aliphatic carbocycles. The Balaban J connectivity index is 1.72. The van der Waals surface area contributed by atoms with Gasteiger partial charge in [-0.15, -0.1) is 0 Å². The largest absolute Gasteiger partial charge is 0.362 e. The van der Waals surface area contributed by atoms with E-state index >= 15 is 0 Å². The van der Waals surface area contributed by atoms with Crippen LogP contribution < -0.4 is 5.32 Å². The number of likely N-dealkylation sites (N-methyl/N-ethyl adjacent to an activating group) is 1. The fourth-order valence-corrected chi connectivity index (χ4v) is 4.07. The van der Waals surface area contributed by atoms with Crippen LogP contribution in [-0.4, -0.2) is 61.5 Å². The van der Waals surface area contributed by atoms with Gasteiger partial charge in [0, 0.05) is 28.9 Å². The SMILES string of the molecule is CC(C)Cn1cnc2c(NC(=O)COCC(=O)N(C)CC(C)(C)I)nc3ccccc3c21. The second-order valence-electron chi connectivity index (χ2n) is 8.98. The molecular weight excluding hydrogens is 521 g/mol. The Bertz CT molecular complexity index is 1120. The number of anilines is 1. The van der Waals surface area contributed by atoms with Crippen LogP contribution in [0.1, 0.15) is 27.7 Å². The number of amides is 2. The molecule has 172 valence electrons. The summed E-state index contributed by atoms with van der Waals surface area (Å²) in [6.45, 7) is 9.40. The number of nitrogens with zero attached hydrogens (tertiary/aromatic N) is 4. The van der Waals surface area contributed by atoms with Crippen LogP contribution in [0.3, 0.4) is 0 Å². The second-order valence-corrected chi connectivity index (χ2v) is 11.9. The van der Waals surface area contributed by atoms with E-state index in [1.807, 2.05) is 38.1 Å². The van der Waals surface area contributed by atoms with Crippen LogP contribution in [0.4, 0.5) is 5.82 Å². The Morgan fingerprint density at radius 2 is 1.97 bits per heavy atom. The van der Waals surface area contributed by atoms with Gasteiger partial charge in [-0.2, -0.15) is 0 Å². The summed E-state index contributed by atoms with van der Waals surface area (Å²) in [4.78, 5) is 35.5. The summed E-state index contributed by atoms with van der Waals surface area (Å²) in [6, 6.07) is 7.81. The van der Waals surface area contributed by atoms with E-state index in [1.165, 1.54) is 0 Å². The summed E-state index contributed by atoms with van der Waals surface area (Å²) in [5.74, 6) is 0.294. The van der Waals surface area contributed by atoms with Crippen molar-refractivity contribution in [3.05, 3.63) is 30.6 Å². The van der Waals surface area contributed by atoms with Crippen molar-refractivity contribution in [3.63, 3.8) is 0 Å². The van der Waals surface area contributed by atoms with Crippen molar-refractivity contribution in [2.24, 2.45) is 5.92 Å². The molecule has 0 radical (unpaired) electrons. The van der Waals surface area contributed by atoms with E-state index < -0.39 is 0 Å². The first kappa shape index (κ1) is 24.4. The highest BCUT2D eigenvalue weighted by atomic mass is 127. The minimum atomic E-state index is -0.378. The molecule has 32 heavy (non-hydrogen) atoms. The molecule has 8 nitrogen and oxygen atoms in total. The molecule has 0 aliphatic heterocycles. The molecular formula is C23H30IN5O3. The summed E-state index contributed by atoms with van der Waals surface area (Å²) >= 11 is 2.29. The van der Waals surface area contributed by atoms with Crippen LogP contribution in [0, 0.1) is 5.92 Å². The van der Waals surface area contributed by atoms with Crippen molar-refractivity contribution in [2.75, 3.05) is 32.1 Å². The number of alkyl halides is 1. The van der Waals surface area contributed by atoms with E-state index in [4.69, 9.17) is 4.74 Å². The molecule has 1 N–H and O–H groups in total. The monoisotopic (exact) mass is 551 g/mol. The van der Waals surface area contributed by atoms with Crippen LogP contribution in [0.25, 0.3) is 21.9 Å². The Morgan fingerprint density at radius 3 is 2.66 bits per heavy atom. The van der Waals surface area contributed by atoms with Gasteiger partial charge >= 0.3 is 0 Å². The third-order valence-electron chi connectivity index (χ3n) is 4.77. The smallest absolute Gasteiger partial charge is 0.251 e. The molecule has 3 aromatic rings. The maximum absolute atomic E-state index is 12.5. The highest BCUT2D eigenvalue weighted by molar-refractivity contribution is 14.1. The summed E-state index contributed by atoms with van der Waals surface area (Å²) in [6.07, 6.45) is 1.79. The first-order valence-corrected chi connectivity index (χ1v) is 11.7. The zero-order chi connectivity index (χ0) is 23.5. The van der Waals surface area contributed by atoms with E-state index in [9.17, 15) is 9.59 Å². The Labute approximate surface area is 201 Å². The number of halogens is 1. The van der Waals surface area contributed by atoms with Crippen molar-refractivity contribution in [2.45, 2.75) is 37.7 Å². The lowest BCUT2D eigenvalue weighted by Crippen LogP contribution is -2.38. The number of rotatable bonds is 9. The fraction of sp³-hybridized carbons (Fsp3) is 0.478. The van der Waals surface area contributed by atoms with Gasteiger partial charge in [-0.3, -0.25) is 9.59 Å². The Morgan fingerprint density at radius 1 is 1.25 bits per heavy atom. The molecule has 2 heterocycles. The number of imidazole rings is 1. The lowest BCUT2D eigenvalue weighted by atomic mass is 10.1. The summed E-state index contributed by atoms with van der Waals surface area (Å²) in [5.41, 5.74) is 2.36. The van der Waals surface area contributed by atoms with Crippen molar-refractivity contribution < 1.29 is 14.3 Å². The number of carbonyl (C=O) groups excluding carboxylic acids is 2. The highest BCUT2D eigenvalue weighted by Crippen LogP contribution is 2.29. The molecule has 0 unspecified atom stereocenters. The number of ether oxygens (including phenoxy) is 1. The van der Waals surface area contributed by atoms with E-state index in [0.29, 0.717) is 23.8 Å². The van der Waals surface area contributed by atoms with Gasteiger partial charge in [0.2, 0.25) is 5.91 Å². The molecule has 0 aliphatic rings. The number of nitrogens with one attached hydrogen (secondary N) is 1. The zero-order valence-corrected chi connectivity index (χ0v) is 21.3. The predicted octanol–water partition coefficient (Wildman–Crippen LogP) is 3.87. The number of fused-ring (bicyclic) bond motifs is 3. The third-order valence-corrected chi connectivity index (χ3v) is 5.11. The van der Waals surface area contributed by atoms with Gasteiger partial charge < -0.3 is 19.5 Å².